The first kappa shape index (κ1) is 28.1. The zero-order chi connectivity index (χ0) is 26.2. The van der Waals surface area contributed by atoms with Crippen molar-refractivity contribution in [3.63, 3.8) is 0 Å². The Kier molecular flexibility index (Phi) is 9.63. The van der Waals surface area contributed by atoms with Gasteiger partial charge in [0.25, 0.3) is 0 Å². The summed E-state index contributed by atoms with van der Waals surface area (Å²) < 4.78 is 87.9. The lowest BCUT2D eigenvalue weighted by molar-refractivity contribution is -0.150. The van der Waals surface area contributed by atoms with Crippen LogP contribution >= 0.6 is 11.6 Å². The van der Waals surface area contributed by atoms with E-state index in [0.717, 1.165) is 0 Å². The van der Waals surface area contributed by atoms with Gasteiger partial charge in [0.1, 0.15) is 12.4 Å². The highest BCUT2D eigenvalue weighted by Crippen LogP contribution is 2.36. The summed E-state index contributed by atoms with van der Waals surface area (Å²) in [6, 6.07) is 5.78. The molecule has 11 heteroatoms. The van der Waals surface area contributed by atoms with Crippen LogP contribution in [0.3, 0.4) is 0 Å². The molecule has 2 aromatic rings. The first-order valence-electron chi connectivity index (χ1n) is 10.0. The Balaban J connectivity index is 2.03. The van der Waals surface area contributed by atoms with Crippen LogP contribution in [-0.2, 0) is 28.3 Å². The number of hydrogen-bond acceptors (Lipinski definition) is 3. The fraction of sp³-hybridized carbons (Fsp3) is 0.292. The summed E-state index contributed by atoms with van der Waals surface area (Å²) >= 11 is 6.14. The molecule has 1 N–H and O–H groups in total. The van der Waals surface area contributed by atoms with Crippen molar-refractivity contribution in [3.8, 4) is 17.6 Å². The second-order valence-corrected chi connectivity index (χ2v) is 7.44. The van der Waals surface area contributed by atoms with E-state index in [4.69, 9.17) is 26.2 Å². The lowest BCUT2D eigenvalue weighted by atomic mass is 10.0. The fourth-order valence-corrected chi connectivity index (χ4v) is 3.08. The Bertz CT molecular complexity index is 1100. The van der Waals surface area contributed by atoms with E-state index in [-0.39, 0.29) is 36.5 Å². The second kappa shape index (κ2) is 12.0. The number of benzene rings is 2. The van der Waals surface area contributed by atoms with Crippen molar-refractivity contribution in [3.05, 3.63) is 75.8 Å². The van der Waals surface area contributed by atoms with Gasteiger partial charge in [0.2, 0.25) is 0 Å². The van der Waals surface area contributed by atoms with Crippen LogP contribution in [0.1, 0.15) is 29.2 Å². The van der Waals surface area contributed by atoms with Gasteiger partial charge in [0, 0.05) is 18.6 Å². The number of hydrogen-bond donors (Lipinski definition) is 1. The van der Waals surface area contributed by atoms with Crippen molar-refractivity contribution in [2.24, 2.45) is 0 Å². The van der Waals surface area contributed by atoms with Crippen LogP contribution in [0, 0.1) is 11.8 Å². The van der Waals surface area contributed by atoms with Gasteiger partial charge in [-0.3, -0.25) is 0 Å². The van der Waals surface area contributed by atoms with Crippen LogP contribution in [0.25, 0.3) is 0 Å². The van der Waals surface area contributed by atoms with Crippen LogP contribution in [0.2, 0.25) is 5.02 Å². The van der Waals surface area contributed by atoms with Crippen molar-refractivity contribution >= 4 is 17.6 Å². The summed E-state index contributed by atoms with van der Waals surface area (Å²) in [5.41, 5.74) is -2.72. The highest BCUT2D eigenvalue weighted by Gasteiger charge is 2.36. The molecule has 35 heavy (non-hydrogen) atoms. The summed E-state index contributed by atoms with van der Waals surface area (Å²) in [6.45, 7) is 1.87. The molecule has 0 aliphatic heterocycles. The molecule has 0 aliphatic rings. The van der Waals surface area contributed by atoms with E-state index in [0.29, 0.717) is 17.7 Å². The highest BCUT2D eigenvalue weighted by atomic mass is 35.5. The highest BCUT2D eigenvalue weighted by molar-refractivity contribution is 6.32. The van der Waals surface area contributed by atoms with Crippen LogP contribution in [0.4, 0.5) is 26.3 Å². The Morgan fingerprint density at radius 1 is 1.09 bits per heavy atom. The van der Waals surface area contributed by atoms with Gasteiger partial charge in [0.15, 0.2) is 6.10 Å². The van der Waals surface area contributed by atoms with Crippen LogP contribution in [0.15, 0.2) is 48.6 Å². The third-order valence-electron chi connectivity index (χ3n) is 4.40. The van der Waals surface area contributed by atoms with Gasteiger partial charge in [-0.2, -0.15) is 26.3 Å². The number of carbonyl (C=O) groups is 1. The molecular weight excluding hydrogens is 502 g/mol. The molecule has 0 saturated heterocycles. The van der Waals surface area contributed by atoms with Crippen molar-refractivity contribution in [2.45, 2.75) is 31.8 Å². The van der Waals surface area contributed by atoms with E-state index in [9.17, 15) is 31.1 Å². The monoisotopic (exact) mass is 520 g/mol. The normalized spacial score (nSPS) is 12.8. The van der Waals surface area contributed by atoms with Gasteiger partial charge >= 0.3 is 18.3 Å². The molecule has 0 aliphatic carbocycles. The summed E-state index contributed by atoms with van der Waals surface area (Å²) in [6.07, 6.45) is -8.21. The topological polar surface area (TPSA) is 55.8 Å². The van der Waals surface area contributed by atoms with Crippen molar-refractivity contribution in [1.82, 2.24) is 0 Å². The molecule has 1 unspecified atom stereocenters. The zero-order valence-corrected chi connectivity index (χ0v) is 18.9. The molecule has 0 aromatic heterocycles. The van der Waals surface area contributed by atoms with E-state index in [1.165, 1.54) is 24.3 Å². The third-order valence-corrected chi connectivity index (χ3v) is 4.70. The number of aliphatic carboxylic acids is 1. The van der Waals surface area contributed by atoms with E-state index in [1.54, 1.807) is 13.0 Å². The summed E-state index contributed by atoms with van der Waals surface area (Å²) in [7, 11) is 0. The van der Waals surface area contributed by atoms with E-state index < -0.39 is 41.1 Å². The molecule has 0 radical (unpaired) electrons. The van der Waals surface area contributed by atoms with Gasteiger partial charge < -0.3 is 14.6 Å². The predicted octanol–water partition coefficient (Wildman–Crippen LogP) is 6.40. The molecule has 0 heterocycles. The van der Waals surface area contributed by atoms with E-state index in [2.05, 4.69) is 11.8 Å². The number of carboxylic acids is 1. The van der Waals surface area contributed by atoms with Crippen molar-refractivity contribution < 1.29 is 45.7 Å². The average Bonchev–Trinajstić information content (AvgIpc) is 2.75. The molecule has 4 nitrogen and oxygen atoms in total. The Morgan fingerprint density at radius 3 is 2.23 bits per heavy atom. The smallest absolute Gasteiger partial charge is 0.416 e. The molecule has 188 valence electrons. The largest absolute Gasteiger partial charge is 0.488 e. The fourth-order valence-electron chi connectivity index (χ4n) is 2.82. The number of alkyl halides is 6. The standard InChI is InChI=1S/C24H19ClF6O4/c1-2-34-21(22(32)33)13-16-7-8-20(19(25)12-16)35-9-5-3-4-6-15-10-17(23(26,27)28)14-18(11-15)24(29,30)31/h3,5,7-8,10-12,14,21H,2,9,13H2,1H3,(H,32,33). The van der Waals surface area contributed by atoms with Crippen LogP contribution in [-0.4, -0.2) is 30.4 Å². The Labute approximate surface area is 202 Å². The number of allylic oxidation sites excluding steroid dienone is 1. The molecule has 0 amide bonds. The third kappa shape index (κ3) is 8.85. The minimum Gasteiger partial charge on any atom is -0.488 e. The van der Waals surface area contributed by atoms with Gasteiger partial charge in [-0.25, -0.2) is 4.79 Å². The zero-order valence-electron chi connectivity index (χ0n) is 18.1. The first-order valence-corrected chi connectivity index (χ1v) is 10.4. The van der Waals surface area contributed by atoms with Crippen molar-refractivity contribution in [1.29, 1.82) is 0 Å². The molecular formula is C24H19ClF6O4. The lowest BCUT2D eigenvalue weighted by Gasteiger charge is -2.13. The molecule has 2 aromatic carbocycles. The minimum atomic E-state index is -4.95. The lowest BCUT2D eigenvalue weighted by Crippen LogP contribution is -2.26. The molecule has 2 rings (SSSR count). The molecule has 0 saturated carbocycles. The van der Waals surface area contributed by atoms with E-state index >= 15 is 0 Å². The van der Waals surface area contributed by atoms with Gasteiger partial charge in [0.05, 0.1) is 16.1 Å². The SMILES string of the molecule is CCOC(Cc1ccc(OCC=CC#Cc2cc(C(F)(F)F)cc(C(F)(F)F)c2)c(Cl)c1)C(=O)O. The summed E-state index contributed by atoms with van der Waals surface area (Å²) in [4.78, 5) is 11.2. The predicted molar refractivity (Wildman–Crippen MR) is 116 cm³/mol. The van der Waals surface area contributed by atoms with Gasteiger partial charge in [-0.05, 0) is 55.0 Å². The summed E-state index contributed by atoms with van der Waals surface area (Å²) in [5, 5.41) is 9.36. The van der Waals surface area contributed by atoms with Crippen LogP contribution < -0.4 is 4.74 Å². The quantitative estimate of drug-likeness (QED) is 0.323. The van der Waals surface area contributed by atoms with Gasteiger partial charge in [-0.1, -0.05) is 29.5 Å². The maximum atomic E-state index is 12.9. The van der Waals surface area contributed by atoms with Crippen LogP contribution in [0.5, 0.6) is 5.75 Å². The maximum absolute atomic E-state index is 12.9. The summed E-state index contributed by atoms with van der Waals surface area (Å²) in [5.74, 6) is 3.79. The molecule has 0 bridgehead atoms. The second-order valence-electron chi connectivity index (χ2n) is 7.03. The first-order chi connectivity index (χ1) is 16.3. The molecule has 1 atom stereocenters. The molecule has 0 spiro atoms. The maximum Gasteiger partial charge on any atom is 0.416 e. The minimum absolute atomic E-state index is 0.0303. The van der Waals surface area contributed by atoms with E-state index in [1.807, 2.05) is 0 Å². The number of carboxylic acid groups (broad SMARTS) is 1. The average molecular weight is 521 g/mol. The number of halogens is 7. The molecule has 0 fully saturated rings. The number of ether oxygens (including phenoxy) is 2. The Morgan fingerprint density at radius 2 is 1.71 bits per heavy atom. The van der Waals surface area contributed by atoms with Gasteiger partial charge in [-0.15, -0.1) is 0 Å². The van der Waals surface area contributed by atoms with Crippen molar-refractivity contribution in [2.75, 3.05) is 13.2 Å². The Hall–Kier alpha value is -3.16. The number of rotatable bonds is 8.